The Balaban J connectivity index is 3.38. The Kier molecular flexibility index (Phi) is 3.08. The number of nitro groups is 1. The number of hydrogen-bond acceptors (Lipinski definition) is 3. The molecule has 0 bridgehead atoms. The molecule has 1 rings (SSSR count). The molecule has 2 N–H and O–H groups in total. The summed E-state index contributed by atoms with van der Waals surface area (Å²) in [5.41, 5.74) is 5.47. The fourth-order valence-electron chi connectivity index (χ4n) is 0.955. The molecule has 0 aliphatic heterocycles. The summed E-state index contributed by atoms with van der Waals surface area (Å²) in [5, 5.41) is 11.0. The maximum Gasteiger partial charge on any atom is 0.276 e. The maximum atomic E-state index is 10.5. The third-order valence-corrected chi connectivity index (χ3v) is 2.09. The first-order valence-corrected chi connectivity index (χ1v) is 4.14. The van der Waals surface area contributed by atoms with Crippen LogP contribution in [0.4, 0.5) is 5.69 Å². The molecule has 0 amide bonds. The van der Waals surface area contributed by atoms with Gasteiger partial charge in [0.2, 0.25) is 0 Å². The molecule has 0 aromatic heterocycles. The summed E-state index contributed by atoms with van der Waals surface area (Å²) < 4.78 is 0. The van der Waals surface area contributed by atoms with Crippen LogP contribution in [0.25, 0.3) is 0 Å². The van der Waals surface area contributed by atoms with E-state index in [1.54, 1.807) is 0 Å². The first kappa shape index (κ1) is 10.2. The van der Waals surface area contributed by atoms with E-state index in [1.165, 1.54) is 12.1 Å². The van der Waals surface area contributed by atoms with Crippen molar-refractivity contribution in [3.8, 4) is 0 Å². The summed E-state index contributed by atoms with van der Waals surface area (Å²) in [6.45, 7) is 0.0202. The summed E-state index contributed by atoms with van der Waals surface area (Å²) in [6, 6.07) is 2.66. The number of benzene rings is 1. The van der Waals surface area contributed by atoms with E-state index in [1.807, 2.05) is 0 Å². The van der Waals surface area contributed by atoms with E-state index in [2.05, 4.69) is 0 Å². The Morgan fingerprint density at radius 2 is 2.08 bits per heavy atom. The van der Waals surface area contributed by atoms with Crippen LogP contribution in [-0.4, -0.2) is 4.92 Å². The van der Waals surface area contributed by atoms with Gasteiger partial charge in [-0.25, -0.2) is 0 Å². The molecule has 0 saturated heterocycles. The fraction of sp³-hybridized carbons (Fsp3) is 0.143. The average molecular weight is 221 g/mol. The van der Waals surface area contributed by atoms with Crippen LogP contribution >= 0.6 is 23.2 Å². The van der Waals surface area contributed by atoms with Crippen LogP contribution in [0.1, 0.15) is 5.56 Å². The van der Waals surface area contributed by atoms with Gasteiger partial charge in [0, 0.05) is 17.6 Å². The lowest BCUT2D eigenvalue weighted by Crippen LogP contribution is -2.02. The largest absolute Gasteiger partial charge is 0.326 e. The van der Waals surface area contributed by atoms with Crippen molar-refractivity contribution >= 4 is 28.9 Å². The van der Waals surface area contributed by atoms with Crippen molar-refractivity contribution in [3.63, 3.8) is 0 Å². The van der Waals surface area contributed by atoms with Gasteiger partial charge in [-0.05, 0) is 6.07 Å². The first-order chi connectivity index (χ1) is 6.06. The zero-order chi connectivity index (χ0) is 10.0. The zero-order valence-electron chi connectivity index (χ0n) is 6.46. The molecule has 13 heavy (non-hydrogen) atoms. The van der Waals surface area contributed by atoms with Crippen LogP contribution in [0.3, 0.4) is 0 Å². The predicted molar refractivity (Wildman–Crippen MR) is 51.0 cm³/mol. The van der Waals surface area contributed by atoms with Crippen LogP contribution in [-0.2, 0) is 6.54 Å². The van der Waals surface area contributed by atoms with Crippen LogP contribution in [0.15, 0.2) is 12.1 Å². The van der Waals surface area contributed by atoms with E-state index < -0.39 is 4.92 Å². The van der Waals surface area contributed by atoms with Gasteiger partial charge < -0.3 is 5.73 Å². The van der Waals surface area contributed by atoms with E-state index >= 15 is 0 Å². The molecular weight excluding hydrogens is 215 g/mol. The minimum absolute atomic E-state index is 0.0202. The third-order valence-electron chi connectivity index (χ3n) is 1.54. The summed E-state index contributed by atoms with van der Waals surface area (Å²) in [7, 11) is 0. The molecule has 0 radical (unpaired) electrons. The van der Waals surface area contributed by atoms with Gasteiger partial charge in [0.1, 0.15) is 0 Å². The summed E-state index contributed by atoms with van der Waals surface area (Å²) in [4.78, 5) is 9.96. The number of hydrogen-bond donors (Lipinski definition) is 1. The molecule has 1 aromatic carbocycles. The monoisotopic (exact) mass is 220 g/mol. The van der Waals surface area contributed by atoms with Crippen molar-refractivity contribution in [1.82, 2.24) is 0 Å². The molecule has 70 valence electrons. The van der Waals surface area contributed by atoms with Crippen molar-refractivity contribution < 1.29 is 4.92 Å². The van der Waals surface area contributed by atoms with Gasteiger partial charge in [0.25, 0.3) is 5.69 Å². The number of rotatable bonds is 2. The van der Waals surface area contributed by atoms with Gasteiger partial charge in [-0.2, -0.15) is 0 Å². The van der Waals surface area contributed by atoms with Crippen molar-refractivity contribution in [3.05, 3.63) is 37.9 Å². The highest BCUT2D eigenvalue weighted by molar-refractivity contribution is 6.35. The summed E-state index contributed by atoms with van der Waals surface area (Å²) >= 11 is 11.3. The number of nitrogens with two attached hydrogens (primary N) is 1. The van der Waals surface area contributed by atoms with Gasteiger partial charge in [-0.3, -0.25) is 10.1 Å². The second-order valence-electron chi connectivity index (χ2n) is 2.35. The van der Waals surface area contributed by atoms with Crippen LogP contribution < -0.4 is 5.73 Å². The molecule has 6 heteroatoms. The quantitative estimate of drug-likeness (QED) is 0.615. The van der Waals surface area contributed by atoms with Gasteiger partial charge >= 0.3 is 0 Å². The minimum atomic E-state index is -0.556. The lowest BCUT2D eigenvalue weighted by Gasteiger charge is -2.02. The standard InChI is InChI=1S/C7H6Cl2N2O2/c8-4-1-6(9)5(3-10)7(2-4)11(12)13/h1-2H,3,10H2. The second-order valence-corrected chi connectivity index (χ2v) is 3.19. The molecule has 0 unspecified atom stereocenters. The van der Waals surface area contributed by atoms with E-state index in [9.17, 15) is 10.1 Å². The maximum absolute atomic E-state index is 10.5. The Morgan fingerprint density at radius 3 is 2.54 bits per heavy atom. The summed E-state index contributed by atoms with van der Waals surface area (Å²) in [5.74, 6) is 0. The zero-order valence-corrected chi connectivity index (χ0v) is 7.97. The Hall–Kier alpha value is -0.840. The SMILES string of the molecule is NCc1c(Cl)cc(Cl)cc1[N+](=O)[O-]. The minimum Gasteiger partial charge on any atom is -0.326 e. The first-order valence-electron chi connectivity index (χ1n) is 3.38. The van der Waals surface area contributed by atoms with E-state index in [0.29, 0.717) is 5.56 Å². The van der Waals surface area contributed by atoms with Crippen molar-refractivity contribution in [2.24, 2.45) is 5.73 Å². The molecular formula is C7H6Cl2N2O2. The topological polar surface area (TPSA) is 69.2 Å². The highest BCUT2D eigenvalue weighted by Gasteiger charge is 2.16. The molecule has 0 aliphatic rings. The Labute approximate surface area is 84.4 Å². The number of nitro benzene ring substituents is 1. The van der Waals surface area contributed by atoms with Gasteiger partial charge in [-0.1, -0.05) is 23.2 Å². The molecule has 4 nitrogen and oxygen atoms in total. The molecule has 1 aromatic rings. The highest BCUT2D eigenvalue weighted by atomic mass is 35.5. The lowest BCUT2D eigenvalue weighted by molar-refractivity contribution is -0.385. The molecule has 0 saturated carbocycles. The van der Waals surface area contributed by atoms with Gasteiger partial charge in [-0.15, -0.1) is 0 Å². The third kappa shape index (κ3) is 2.09. The van der Waals surface area contributed by atoms with Crippen molar-refractivity contribution in [1.29, 1.82) is 0 Å². The smallest absolute Gasteiger partial charge is 0.276 e. The van der Waals surface area contributed by atoms with Gasteiger partial charge in [0.05, 0.1) is 15.5 Å². The van der Waals surface area contributed by atoms with Crippen molar-refractivity contribution in [2.45, 2.75) is 6.54 Å². The Bertz CT molecular complexity index is 355. The Morgan fingerprint density at radius 1 is 1.46 bits per heavy atom. The van der Waals surface area contributed by atoms with Crippen LogP contribution in [0.5, 0.6) is 0 Å². The van der Waals surface area contributed by atoms with Gasteiger partial charge in [0.15, 0.2) is 0 Å². The highest BCUT2D eigenvalue weighted by Crippen LogP contribution is 2.29. The number of nitrogens with zero attached hydrogens (tertiary/aromatic N) is 1. The molecule has 0 heterocycles. The van der Waals surface area contributed by atoms with E-state index in [-0.39, 0.29) is 22.3 Å². The van der Waals surface area contributed by atoms with Crippen LogP contribution in [0, 0.1) is 10.1 Å². The normalized spacial score (nSPS) is 10.1. The second kappa shape index (κ2) is 3.91. The number of halogens is 2. The molecule has 0 aliphatic carbocycles. The summed E-state index contributed by atoms with van der Waals surface area (Å²) in [6.07, 6.45) is 0. The fourth-order valence-corrected chi connectivity index (χ4v) is 1.51. The molecule has 0 fully saturated rings. The average Bonchev–Trinajstić information content (AvgIpc) is 2.02. The predicted octanol–water partition coefficient (Wildman–Crippen LogP) is 2.36. The molecule has 0 spiro atoms. The molecule has 0 atom stereocenters. The van der Waals surface area contributed by atoms with Crippen LogP contribution in [0.2, 0.25) is 10.0 Å². The van der Waals surface area contributed by atoms with Crippen molar-refractivity contribution in [2.75, 3.05) is 0 Å². The van der Waals surface area contributed by atoms with E-state index in [4.69, 9.17) is 28.9 Å². The van der Waals surface area contributed by atoms with E-state index in [0.717, 1.165) is 0 Å². The lowest BCUT2D eigenvalue weighted by atomic mass is 10.2.